The van der Waals surface area contributed by atoms with Gasteiger partial charge in [-0.15, -0.1) is 0 Å². The van der Waals surface area contributed by atoms with Crippen molar-refractivity contribution in [2.24, 2.45) is 5.73 Å². The van der Waals surface area contributed by atoms with Gasteiger partial charge >= 0.3 is 0 Å². The van der Waals surface area contributed by atoms with Crippen molar-refractivity contribution >= 4 is 5.91 Å². The van der Waals surface area contributed by atoms with E-state index in [-0.39, 0.29) is 18.6 Å². The highest BCUT2D eigenvalue weighted by molar-refractivity contribution is 5.80. The number of primary amides is 1. The van der Waals surface area contributed by atoms with E-state index in [9.17, 15) is 4.79 Å². The van der Waals surface area contributed by atoms with Crippen LogP contribution in [-0.2, 0) is 16.1 Å². The Bertz CT molecular complexity index is 516. The predicted octanol–water partition coefficient (Wildman–Crippen LogP) is -0.283. The molecule has 1 aromatic carbocycles. The molecule has 1 unspecified atom stereocenters. The van der Waals surface area contributed by atoms with Crippen LogP contribution in [-0.4, -0.2) is 48.3 Å². The average molecular weight is 274 g/mol. The molecule has 1 aliphatic rings. The van der Waals surface area contributed by atoms with Gasteiger partial charge in [0.05, 0.1) is 13.2 Å². The van der Waals surface area contributed by atoms with Crippen LogP contribution in [0.5, 0.6) is 0 Å². The molecule has 0 spiro atoms. The van der Waals surface area contributed by atoms with Gasteiger partial charge in [0, 0.05) is 18.7 Å². The maximum absolute atomic E-state index is 11.4. The summed E-state index contributed by atoms with van der Waals surface area (Å²) in [5.41, 5.74) is 7.34. The maximum Gasteiger partial charge on any atom is 0.237 e. The van der Waals surface area contributed by atoms with Crippen LogP contribution in [0.1, 0.15) is 11.1 Å². The lowest BCUT2D eigenvalue weighted by Crippen LogP contribution is -2.51. The summed E-state index contributed by atoms with van der Waals surface area (Å²) in [5.74, 6) is 5.10. The Morgan fingerprint density at radius 3 is 2.85 bits per heavy atom. The van der Waals surface area contributed by atoms with Crippen molar-refractivity contribution in [1.29, 1.82) is 0 Å². The van der Waals surface area contributed by atoms with Crippen LogP contribution >= 0.6 is 0 Å². The third kappa shape index (κ3) is 3.81. The Morgan fingerprint density at radius 2 is 2.20 bits per heavy atom. The molecule has 1 aliphatic heterocycles. The molecule has 0 bridgehead atoms. The SMILES string of the molecule is NC(=O)C1COCCN1Cc1ccc(C#CCO)cc1. The molecule has 3 N–H and O–H groups in total. The number of aliphatic hydroxyl groups is 1. The van der Waals surface area contributed by atoms with E-state index in [0.717, 1.165) is 11.1 Å². The van der Waals surface area contributed by atoms with Gasteiger partial charge in [-0.3, -0.25) is 9.69 Å². The van der Waals surface area contributed by atoms with Crippen molar-refractivity contribution in [2.45, 2.75) is 12.6 Å². The van der Waals surface area contributed by atoms with E-state index in [0.29, 0.717) is 26.3 Å². The maximum atomic E-state index is 11.4. The number of nitrogens with zero attached hydrogens (tertiary/aromatic N) is 1. The highest BCUT2D eigenvalue weighted by atomic mass is 16.5. The Kier molecular flexibility index (Phi) is 5.13. The Labute approximate surface area is 118 Å². The number of morpholine rings is 1. The number of hydrogen-bond acceptors (Lipinski definition) is 4. The highest BCUT2D eigenvalue weighted by Crippen LogP contribution is 2.13. The normalized spacial score (nSPS) is 19.1. The summed E-state index contributed by atoms with van der Waals surface area (Å²) in [7, 11) is 0. The van der Waals surface area contributed by atoms with Gasteiger partial charge in [-0.25, -0.2) is 0 Å². The van der Waals surface area contributed by atoms with Crippen LogP contribution in [0.2, 0.25) is 0 Å². The van der Waals surface area contributed by atoms with Crippen LogP contribution in [0.15, 0.2) is 24.3 Å². The van der Waals surface area contributed by atoms with E-state index in [1.165, 1.54) is 0 Å². The summed E-state index contributed by atoms with van der Waals surface area (Å²) in [6, 6.07) is 7.37. The van der Waals surface area contributed by atoms with Crippen LogP contribution < -0.4 is 5.73 Å². The predicted molar refractivity (Wildman–Crippen MR) is 74.6 cm³/mol. The number of benzene rings is 1. The number of carbonyl (C=O) groups is 1. The lowest BCUT2D eigenvalue weighted by Gasteiger charge is -2.33. The van der Waals surface area contributed by atoms with Crippen LogP contribution in [0.25, 0.3) is 0 Å². The average Bonchev–Trinajstić information content (AvgIpc) is 2.47. The van der Waals surface area contributed by atoms with E-state index in [2.05, 4.69) is 11.8 Å². The van der Waals surface area contributed by atoms with Crippen molar-refractivity contribution in [3.63, 3.8) is 0 Å². The van der Waals surface area contributed by atoms with Crippen molar-refractivity contribution < 1.29 is 14.6 Å². The summed E-state index contributed by atoms with van der Waals surface area (Å²) < 4.78 is 5.29. The van der Waals surface area contributed by atoms with Gasteiger partial charge in [-0.2, -0.15) is 0 Å². The summed E-state index contributed by atoms with van der Waals surface area (Å²) in [6.07, 6.45) is 0. The van der Waals surface area contributed by atoms with Gasteiger partial charge in [-0.1, -0.05) is 24.0 Å². The Hall–Kier alpha value is -1.87. The van der Waals surface area contributed by atoms with Crippen LogP contribution in [0, 0.1) is 11.8 Å². The Morgan fingerprint density at radius 1 is 1.45 bits per heavy atom. The van der Waals surface area contributed by atoms with Crippen molar-refractivity contribution in [3.8, 4) is 11.8 Å². The first-order valence-corrected chi connectivity index (χ1v) is 6.50. The molecule has 5 heteroatoms. The molecule has 1 atom stereocenters. The summed E-state index contributed by atoms with van der Waals surface area (Å²) in [5, 5.41) is 8.64. The molecular weight excluding hydrogens is 256 g/mol. The lowest BCUT2D eigenvalue weighted by atomic mass is 10.1. The molecule has 2 rings (SSSR count). The van der Waals surface area contributed by atoms with E-state index in [1.54, 1.807) is 0 Å². The first-order valence-electron chi connectivity index (χ1n) is 6.50. The molecule has 5 nitrogen and oxygen atoms in total. The fourth-order valence-corrected chi connectivity index (χ4v) is 2.16. The number of carbonyl (C=O) groups excluding carboxylic acids is 1. The summed E-state index contributed by atoms with van der Waals surface area (Å²) in [4.78, 5) is 13.4. The highest BCUT2D eigenvalue weighted by Gasteiger charge is 2.27. The molecule has 1 fully saturated rings. The molecule has 0 aliphatic carbocycles. The van der Waals surface area contributed by atoms with E-state index in [4.69, 9.17) is 15.6 Å². The summed E-state index contributed by atoms with van der Waals surface area (Å²) in [6.45, 7) is 2.18. The standard InChI is InChI=1S/C15H18N2O3/c16-15(19)14-11-20-9-7-17(14)10-13-5-3-12(4-6-13)2-1-8-18/h3-6,14,18H,7-11H2,(H2,16,19). The molecule has 1 heterocycles. The number of ether oxygens (including phenoxy) is 1. The van der Waals surface area contributed by atoms with Crippen molar-refractivity contribution in [3.05, 3.63) is 35.4 Å². The molecule has 1 amide bonds. The van der Waals surface area contributed by atoms with Gasteiger partial charge in [0.15, 0.2) is 0 Å². The first-order chi connectivity index (χ1) is 9.70. The third-order valence-corrected chi connectivity index (χ3v) is 3.22. The lowest BCUT2D eigenvalue weighted by molar-refractivity contribution is -0.129. The molecule has 1 saturated heterocycles. The third-order valence-electron chi connectivity index (χ3n) is 3.22. The molecular formula is C15H18N2O3. The second-order valence-corrected chi connectivity index (χ2v) is 4.62. The van der Waals surface area contributed by atoms with Gasteiger partial charge in [-0.05, 0) is 17.7 Å². The monoisotopic (exact) mass is 274 g/mol. The molecule has 0 radical (unpaired) electrons. The minimum atomic E-state index is -0.363. The van der Waals surface area contributed by atoms with E-state index in [1.807, 2.05) is 29.2 Å². The number of nitrogens with two attached hydrogens (primary N) is 1. The molecule has 0 aromatic heterocycles. The zero-order chi connectivity index (χ0) is 14.4. The quantitative estimate of drug-likeness (QED) is 0.743. The van der Waals surface area contributed by atoms with E-state index < -0.39 is 0 Å². The molecule has 0 saturated carbocycles. The van der Waals surface area contributed by atoms with E-state index >= 15 is 0 Å². The first kappa shape index (κ1) is 14.5. The molecule has 1 aromatic rings. The fraction of sp³-hybridized carbons (Fsp3) is 0.400. The number of amides is 1. The zero-order valence-electron chi connectivity index (χ0n) is 11.2. The number of aliphatic hydroxyl groups excluding tert-OH is 1. The second-order valence-electron chi connectivity index (χ2n) is 4.62. The van der Waals surface area contributed by atoms with Gasteiger partial charge in [0.1, 0.15) is 12.6 Å². The van der Waals surface area contributed by atoms with Crippen molar-refractivity contribution in [2.75, 3.05) is 26.4 Å². The topological polar surface area (TPSA) is 75.8 Å². The molecule has 20 heavy (non-hydrogen) atoms. The van der Waals surface area contributed by atoms with Crippen molar-refractivity contribution in [1.82, 2.24) is 4.90 Å². The van der Waals surface area contributed by atoms with Gasteiger partial charge < -0.3 is 15.6 Å². The number of hydrogen-bond donors (Lipinski definition) is 2. The second kappa shape index (κ2) is 7.06. The minimum absolute atomic E-state index is 0.143. The Balaban J connectivity index is 2.03. The largest absolute Gasteiger partial charge is 0.384 e. The fourth-order valence-electron chi connectivity index (χ4n) is 2.16. The van der Waals surface area contributed by atoms with Crippen LogP contribution in [0.4, 0.5) is 0 Å². The number of rotatable bonds is 3. The molecule has 106 valence electrons. The smallest absolute Gasteiger partial charge is 0.237 e. The minimum Gasteiger partial charge on any atom is -0.384 e. The van der Waals surface area contributed by atoms with Crippen LogP contribution in [0.3, 0.4) is 0 Å². The van der Waals surface area contributed by atoms with Gasteiger partial charge in [0.2, 0.25) is 5.91 Å². The van der Waals surface area contributed by atoms with Gasteiger partial charge in [0.25, 0.3) is 0 Å². The summed E-state index contributed by atoms with van der Waals surface area (Å²) >= 11 is 0. The zero-order valence-corrected chi connectivity index (χ0v) is 11.2.